The van der Waals surface area contributed by atoms with Crippen molar-refractivity contribution in [2.75, 3.05) is 23.0 Å². The second-order valence-electron chi connectivity index (χ2n) is 18.6. The van der Waals surface area contributed by atoms with Gasteiger partial charge in [-0.1, -0.05) is 117 Å². The topological polar surface area (TPSA) is 6.48 Å². The number of nitrogens with zero attached hydrogens (tertiary/aromatic N) is 2. The van der Waals surface area contributed by atoms with Crippen LogP contribution in [0.2, 0.25) is 0 Å². The zero-order chi connectivity index (χ0) is 36.7. The zero-order valence-corrected chi connectivity index (χ0v) is 33.8. The van der Waals surface area contributed by atoms with Gasteiger partial charge in [-0.15, -0.1) is 0 Å². The zero-order valence-electron chi connectivity index (χ0n) is 33.0. The Bertz CT molecular complexity index is 2150. The minimum atomic E-state index is -0.697. The molecular weight excluding hydrogens is 685 g/mol. The van der Waals surface area contributed by atoms with Crippen LogP contribution in [0.4, 0.5) is 11.4 Å². The minimum absolute atomic E-state index is 0.108. The molecule has 6 atom stereocenters. The van der Waals surface area contributed by atoms with Crippen LogP contribution in [0.25, 0.3) is 5.57 Å². The van der Waals surface area contributed by atoms with Gasteiger partial charge < -0.3 is 9.80 Å². The normalized spacial score (nSPS) is 32.7. The molecule has 0 aromatic heterocycles. The molecule has 0 saturated carbocycles. The van der Waals surface area contributed by atoms with Gasteiger partial charge in [0, 0.05) is 34.1 Å². The van der Waals surface area contributed by atoms with E-state index in [2.05, 4.69) is 145 Å². The van der Waals surface area contributed by atoms with Gasteiger partial charge in [0.1, 0.15) is 0 Å². The summed E-state index contributed by atoms with van der Waals surface area (Å²) in [6, 6.07) is 17.4. The number of hydrogen-bond acceptors (Lipinski definition) is 2. The number of rotatable bonds is 4. The third-order valence-corrected chi connectivity index (χ3v) is 20.6. The quantitative estimate of drug-likeness (QED) is 0.308. The standard InChI is InChI=1S/C52H58N2S/c1-52(2)45-33-37(22-27-43(45)44-28-26-41(35-46(44)52)53-29-11-13-38-12-3-4-14-47(38)53)20-19-36-21-23-40-34-42(25-24-39(40)32-36)54-48-15-5-7-17-50(48)55(30-9-10-31-55)51-18-8-6-16-49(51)54/h3-8,12,14-20,22,26-28,34-36,45,48-51H,9-11,13,21,23-25,29-33H2,1-2H3. The fraction of sp³-hybridized carbons (Fsp3) is 0.423. The monoisotopic (exact) mass is 742 g/mol. The molecule has 2 nitrogen and oxygen atoms in total. The number of anilines is 2. The van der Waals surface area contributed by atoms with Crippen LogP contribution in [-0.2, 0) is 11.8 Å². The van der Waals surface area contributed by atoms with Crippen LogP contribution in [0.15, 0.2) is 144 Å². The Kier molecular flexibility index (Phi) is 8.31. The molecule has 6 aliphatic carbocycles. The molecule has 2 aromatic rings. The summed E-state index contributed by atoms with van der Waals surface area (Å²) in [5.41, 5.74) is 15.4. The molecule has 3 heteroatoms. The lowest BCUT2D eigenvalue weighted by atomic mass is 9.72. The van der Waals surface area contributed by atoms with Crippen molar-refractivity contribution in [3.8, 4) is 0 Å². The van der Waals surface area contributed by atoms with Crippen molar-refractivity contribution >= 4 is 27.0 Å². The van der Waals surface area contributed by atoms with Crippen molar-refractivity contribution in [1.29, 1.82) is 0 Å². The van der Waals surface area contributed by atoms with Crippen LogP contribution >= 0.6 is 10.0 Å². The lowest BCUT2D eigenvalue weighted by molar-refractivity contribution is 0.227. The number of hydrogen-bond donors (Lipinski definition) is 0. The third kappa shape index (κ3) is 5.49. The van der Waals surface area contributed by atoms with Crippen LogP contribution in [0.1, 0.15) is 88.3 Å². The highest BCUT2D eigenvalue weighted by Crippen LogP contribution is 2.68. The Labute approximate surface area is 331 Å². The van der Waals surface area contributed by atoms with Gasteiger partial charge in [-0.2, -0.15) is 0 Å². The predicted molar refractivity (Wildman–Crippen MR) is 236 cm³/mol. The lowest BCUT2D eigenvalue weighted by Gasteiger charge is -2.63. The molecule has 55 heavy (non-hydrogen) atoms. The average molecular weight is 743 g/mol. The summed E-state index contributed by atoms with van der Waals surface area (Å²) < 4.78 is 0. The smallest absolute Gasteiger partial charge is 0.0619 e. The van der Waals surface area contributed by atoms with Crippen LogP contribution in [0, 0.1) is 11.8 Å². The summed E-state index contributed by atoms with van der Waals surface area (Å²) in [6.07, 6.45) is 45.1. The van der Waals surface area contributed by atoms with E-state index in [1.807, 2.05) is 0 Å². The predicted octanol–water partition coefficient (Wildman–Crippen LogP) is 12.4. The van der Waals surface area contributed by atoms with Gasteiger partial charge in [-0.05, 0) is 151 Å². The Morgan fingerprint density at radius 2 is 1.56 bits per heavy atom. The van der Waals surface area contributed by atoms with E-state index < -0.39 is 10.0 Å². The lowest BCUT2D eigenvalue weighted by Crippen LogP contribution is -2.60. The second-order valence-corrected chi connectivity index (χ2v) is 22.5. The summed E-state index contributed by atoms with van der Waals surface area (Å²) in [6.45, 7) is 6.10. The van der Waals surface area contributed by atoms with Crippen molar-refractivity contribution in [3.63, 3.8) is 0 Å². The van der Waals surface area contributed by atoms with Crippen LogP contribution < -0.4 is 4.90 Å². The molecule has 282 valence electrons. The van der Waals surface area contributed by atoms with Crippen molar-refractivity contribution in [1.82, 2.24) is 4.90 Å². The Morgan fingerprint density at radius 1 is 0.782 bits per heavy atom. The highest BCUT2D eigenvalue weighted by molar-refractivity contribution is 8.35. The van der Waals surface area contributed by atoms with Gasteiger partial charge in [0.15, 0.2) is 0 Å². The van der Waals surface area contributed by atoms with Crippen LogP contribution in [0.3, 0.4) is 0 Å². The van der Waals surface area contributed by atoms with Gasteiger partial charge in [0.05, 0.1) is 12.1 Å². The molecular formula is C52H58N2S. The molecule has 0 amide bonds. The molecule has 0 radical (unpaired) electrons. The van der Waals surface area contributed by atoms with E-state index in [1.54, 1.807) is 22.4 Å². The molecule has 9 aliphatic rings. The maximum absolute atomic E-state index is 2.91. The van der Waals surface area contributed by atoms with E-state index in [9.17, 15) is 0 Å². The van der Waals surface area contributed by atoms with Crippen molar-refractivity contribution in [3.05, 3.63) is 161 Å². The first-order valence-corrected chi connectivity index (χ1v) is 23.8. The molecule has 2 aromatic carbocycles. The number of allylic oxidation sites excluding steroid dienone is 14. The van der Waals surface area contributed by atoms with Gasteiger partial charge >= 0.3 is 0 Å². The summed E-state index contributed by atoms with van der Waals surface area (Å²) in [5.74, 6) is 4.12. The van der Waals surface area contributed by atoms with Gasteiger partial charge in [-0.25, -0.2) is 10.0 Å². The number of fused-ring (bicyclic) bond motifs is 8. The molecule has 2 saturated heterocycles. The van der Waals surface area contributed by atoms with Gasteiger partial charge in [0.25, 0.3) is 0 Å². The van der Waals surface area contributed by atoms with E-state index in [0.717, 1.165) is 13.0 Å². The first-order valence-electron chi connectivity index (χ1n) is 21.7. The minimum Gasteiger partial charge on any atom is -0.359 e. The Hall–Kier alpha value is -3.95. The van der Waals surface area contributed by atoms with E-state index in [0.29, 0.717) is 34.4 Å². The van der Waals surface area contributed by atoms with E-state index >= 15 is 0 Å². The Balaban J connectivity index is 0.802. The maximum atomic E-state index is 2.91. The highest BCUT2D eigenvalue weighted by Gasteiger charge is 2.54. The number of para-hydroxylation sites is 1. The summed E-state index contributed by atoms with van der Waals surface area (Å²) in [5, 5.41) is 1.41. The molecule has 3 aliphatic heterocycles. The molecule has 6 unspecified atom stereocenters. The second kappa shape index (κ2) is 13.3. The first kappa shape index (κ1) is 34.3. The van der Waals surface area contributed by atoms with Gasteiger partial charge in [0.2, 0.25) is 0 Å². The van der Waals surface area contributed by atoms with Crippen molar-refractivity contribution < 1.29 is 0 Å². The summed E-state index contributed by atoms with van der Waals surface area (Å²) in [7, 11) is -0.697. The summed E-state index contributed by atoms with van der Waals surface area (Å²) >= 11 is 0. The number of benzene rings is 2. The van der Waals surface area contributed by atoms with Gasteiger partial charge in [-0.3, -0.25) is 0 Å². The largest absolute Gasteiger partial charge is 0.359 e. The first-order chi connectivity index (χ1) is 27.0. The fourth-order valence-corrected chi connectivity index (χ4v) is 18.1. The molecule has 3 heterocycles. The molecule has 1 spiro atoms. The van der Waals surface area contributed by atoms with Crippen LogP contribution in [0.5, 0.6) is 0 Å². The van der Waals surface area contributed by atoms with Crippen LogP contribution in [-0.4, -0.2) is 45.5 Å². The third-order valence-electron chi connectivity index (χ3n) is 15.4. The molecule has 0 bridgehead atoms. The molecule has 2 fully saturated rings. The van der Waals surface area contributed by atoms with Crippen molar-refractivity contribution in [2.45, 2.75) is 106 Å². The SMILES string of the molecule is CC1(C)c2cc(N3CCCc4ccccc43)ccc2C2=CC=C(C=CC3CCC4=C(CCC(N5C6C=CC=CC6S6(CCCC6)C6C=CC=CC65)=C4)C3)CC21. The molecule has 11 rings (SSSR count). The summed E-state index contributed by atoms with van der Waals surface area (Å²) in [4.78, 5) is 5.47. The Morgan fingerprint density at radius 3 is 2.38 bits per heavy atom. The van der Waals surface area contributed by atoms with E-state index in [1.165, 1.54) is 103 Å². The van der Waals surface area contributed by atoms with Crippen molar-refractivity contribution in [2.24, 2.45) is 11.8 Å². The fourth-order valence-electron chi connectivity index (χ4n) is 12.6. The maximum Gasteiger partial charge on any atom is 0.0619 e. The van der Waals surface area contributed by atoms with E-state index in [-0.39, 0.29) is 5.41 Å². The van der Waals surface area contributed by atoms with E-state index in [4.69, 9.17) is 0 Å². The highest BCUT2D eigenvalue weighted by atomic mass is 32.3. The average Bonchev–Trinajstić information content (AvgIpc) is 3.81. The number of aryl methyl sites for hydroxylation is 1. The molecule has 0 N–H and O–H groups in total.